The quantitative estimate of drug-likeness (QED) is 0.793. The maximum atomic E-state index is 12.2. The van der Waals surface area contributed by atoms with Crippen LogP contribution in [0.4, 0.5) is 0 Å². The summed E-state index contributed by atoms with van der Waals surface area (Å²) in [6.45, 7) is 7.71. The average molecular weight is 279 g/mol. The minimum absolute atomic E-state index is 0.119. The lowest BCUT2D eigenvalue weighted by Crippen LogP contribution is -2.40. The van der Waals surface area contributed by atoms with E-state index in [1.165, 1.54) is 0 Å². The van der Waals surface area contributed by atoms with E-state index >= 15 is 0 Å². The molecule has 0 aliphatic carbocycles. The van der Waals surface area contributed by atoms with Crippen molar-refractivity contribution in [1.29, 1.82) is 0 Å². The standard InChI is InChI=1S/C15H21NO2S/c1-11(2)16-9-12(3)19-14(16)15(17)18-10-13-7-5-4-6-8-13/h4-8,11-12,14H,9-10H2,1-3H3/t12-,14?/m1/s1. The van der Waals surface area contributed by atoms with Crippen LogP contribution in [0, 0.1) is 0 Å². The highest BCUT2D eigenvalue weighted by Gasteiger charge is 2.37. The topological polar surface area (TPSA) is 29.5 Å². The molecule has 0 radical (unpaired) electrons. The predicted octanol–water partition coefficient (Wildman–Crippen LogP) is 2.90. The van der Waals surface area contributed by atoms with Crippen molar-refractivity contribution in [3.63, 3.8) is 0 Å². The smallest absolute Gasteiger partial charge is 0.334 e. The van der Waals surface area contributed by atoms with Crippen LogP contribution in [0.2, 0.25) is 0 Å². The summed E-state index contributed by atoms with van der Waals surface area (Å²) in [5.41, 5.74) is 1.03. The van der Waals surface area contributed by atoms with Gasteiger partial charge in [-0.25, -0.2) is 4.79 Å². The van der Waals surface area contributed by atoms with Gasteiger partial charge in [-0.3, -0.25) is 4.90 Å². The second-order valence-corrected chi connectivity index (χ2v) is 6.71. The zero-order chi connectivity index (χ0) is 13.8. The Morgan fingerprint density at radius 2 is 2.11 bits per heavy atom. The monoisotopic (exact) mass is 279 g/mol. The predicted molar refractivity (Wildman–Crippen MR) is 78.9 cm³/mol. The van der Waals surface area contributed by atoms with E-state index in [1.54, 1.807) is 11.8 Å². The van der Waals surface area contributed by atoms with E-state index in [0.717, 1.165) is 12.1 Å². The molecule has 1 unspecified atom stereocenters. The summed E-state index contributed by atoms with van der Waals surface area (Å²) in [7, 11) is 0. The normalized spacial score (nSPS) is 23.8. The molecule has 0 N–H and O–H groups in total. The van der Waals surface area contributed by atoms with Crippen LogP contribution in [0.5, 0.6) is 0 Å². The number of hydrogen-bond acceptors (Lipinski definition) is 4. The van der Waals surface area contributed by atoms with Gasteiger partial charge in [0.2, 0.25) is 0 Å². The minimum atomic E-state index is -0.154. The fourth-order valence-electron chi connectivity index (χ4n) is 2.21. The van der Waals surface area contributed by atoms with Crippen LogP contribution in [0.25, 0.3) is 0 Å². The zero-order valence-electron chi connectivity index (χ0n) is 11.7. The first-order valence-corrected chi connectivity index (χ1v) is 7.64. The van der Waals surface area contributed by atoms with Crippen LogP contribution in [-0.4, -0.2) is 34.1 Å². The summed E-state index contributed by atoms with van der Waals surface area (Å²) in [5.74, 6) is -0.119. The molecule has 19 heavy (non-hydrogen) atoms. The fraction of sp³-hybridized carbons (Fsp3) is 0.533. The Hall–Kier alpha value is -1.00. The van der Waals surface area contributed by atoms with Crippen molar-refractivity contribution in [3.8, 4) is 0 Å². The fourth-order valence-corrected chi connectivity index (χ4v) is 3.57. The van der Waals surface area contributed by atoms with E-state index in [9.17, 15) is 4.79 Å². The first-order chi connectivity index (χ1) is 9.08. The van der Waals surface area contributed by atoms with Crippen LogP contribution >= 0.6 is 11.8 Å². The molecular formula is C15H21NO2S. The molecule has 1 aromatic carbocycles. The molecule has 0 amide bonds. The first kappa shape index (κ1) is 14.4. The van der Waals surface area contributed by atoms with Gasteiger partial charge < -0.3 is 4.74 Å². The van der Waals surface area contributed by atoms with Crippen molar-refractivity contribution in [3.05, 3.63) is 35.9 Å². The van der Waals surface area contributed by atoms with Gasteiger partial charge in [-0.05, 0) is 19.4 Å². The third kappa shape index (κ3) is 3.74. The molecule has 4 heteroatoms. The molecule has 1 aromatic rings. The second-order valence-electron chi connectivity index (χ2n) is 5.18. The van der Waals surface area contributed by atoms with Crippen LogP contribution < -0.4 is 0 Å². The van der Waals surface area contributed by atoms with Gasteiger partial charge in [-0.2, -0.15) is 0 Å². The van der Waals surface area contributed by atoms with Gasteiger partial charge in [-0.1, -0.05) is 37.3 Å². The van der Waals surface area contributed by atoms with Crippen molar-refractivity contribution in [2.24, 2.45) is 0 Å². The van der Waals surface area contributed by atoms with Gasteiger partial charge in [0.05, 0.1) is 0 Å². The Kier molecular flexibility index (Phi) is 4.88. The number of benzene rings is 1. The third-order valence-corrected chi connectivity index (χ3v) is 4.55. The highest BCUT2D eigenvalue weighted by molar-refractivity contribution is 8.01. The van der Waals surface area contributed by atoms with E-state index in [2.05, 4.69) is 25.7 Å². The Labute approximate surface area is 119 Å². The van der Waals surface area contributed by atoms with E-state index < -0.39 is 0 Å². The Bertz CT molecular complexity index is 421. The maximum absolute atomic E-state index is 12.2. The van der Waals surface area contributed by atoms with E-state index in [4.69, 9.17) is 4.74 Å². The van der Waals surface area contributed by atoms with E-state index in [-0.39, 0.29) is 11.3 Å². The van der Waals surface area contributed by atoms with E-state index in [0.29, 0.717) is 17.9 Å². The zero-order valence-corrected chi connectivity index (χ0v) is 12.5. The lowest BCUT2D eigenvalue weighted by Gasteiger charge is -2.25. The molecule has 2 atom stereocenters. The first-order valence-electron chi connectivity index (χ1n) is 6.69. The van der Waals surface area contributed by atoms with E-state index in [1.807, 2.05) is 30.3 Å². The number of carbonyl (C=O) groups excluding carboxylic acids is 1. The summed E-state index contributed by atoms with van der Waals surface area (Å²) in [4.78, 5) is 14.4. The summed E-state index contributed by atoms with van der Waals surface area (Å²) in [6.07, 6.45) is 0. The van der Waals surface area contributed by atoms with Gasteiger partial charge in [0.15, 0.2) is 5.37 Å². The Balaban J connectivity index is 1.92. The van der Waals surface area contributed by atoms with Gasteiger partial charge in [0.1, 0.15) is 6.61 Å². The highest BCUT2D eigenvalue weighted by atomic mass is 32.2. The number of nitrogens with zero attached hydrogens (tertiary/aromatic N) is 1. The van der Waals surface area contributed by atoms with Gasteiger partial charge in [0.25, 0.3) is 0 Å². The lowest BCUT2D eigenvalue weighted by molar-refractivity contribution is -0.148. The maximum Gasteiger partial charge on any atom is 0.334 e. The molecule has 1 aliphatic heterocycles. The molecule has 0 spiro atoms. The second kappa shape index (κ2) is 6.44. The van der Waals surface area contributed by atoms with Crippen molar-refractivity contribution < 1.29 is 9.53 Å². The summed E-state index contributed by atoms with van der Waals surface area (Å²) in [6, 6.07) is 10.2. The highest BCUT2D eigenvalue weighted by Crippen LogP contribution is 2.32. The molecule has 1 heterocycles. The van der Waals surface area contributed by atoms with Crippen LogP contribution in [0.1, 0.15) is 26.3 Å². The van der Waals surface area contributed by atoms with Crippen molar-refractivity contribution in [2.45, 2.75) is 44.0 Å². The van der Waals surface area contributed by atoms with Crippen molar-refractivity contribution in [2.75, 3.05) is 6.54 Å². The lowest BCUT2D eigenvalue weighted by atomic mass is 10.2. The van der Waals surface area contributed by atoms with Gasteiger partial charge in [-0.15, -0.1) is 11.8 Å². The van der Waals surface area contributed by atoms with Crippen molar-refractivity contribution >= 4 is 17.7 Å². The average Bonchev–Trinajstić information content (AvgIpc) is 2.79. The van der Waals surface area contributed by atoms with Gasteiger partial charge >= 0.3 is 5.97 Å². The number of carbonyl (C=O) groups is 1. The van der Waals surface area contributed by atoms with Crippen molar-refractivity contribution in [1.82, 2.24) is 4.90 Å². The molecule has 3 nitrogen and oxygen atoms in total. The number of rotatable bonds is 4. The molecule has 104 valence electrons. The molecular weight excluding hydrogens is 258 g/mol. The molecule has 0 bridgehead atoms. The number of esters is 1. The number of thioether (sulfide) groups is 1. The molecule has 1 saturated heterocycles. The molecule has 1 fully saturated rings. The van der Waals surface area contributed by atoms with Gasteiger partial charge in [0, 0.05) is 17.8 Å². The van der Waals surface area contributed by atoms with Crippen LogP contribution in [-0.2, 0) is 16.1 Å². The SMILES string of the molecule is CC(C)N1C[C@@H](C)SC1C(=O)OCc1ccccc1. The largest absolute Gasteiger partial charge is 0.459 e. The molecule has 2 rings (SSSR count). The van der Waals surface area contributed by atoms with Crippen LogP contribution in [0.15, 0.2) is 30.3 Å². The number of ether oxygens (including phenoxy) is 1. The molecule has 0 saturated carbocycles. The molecule has 1 aliphatic rings. The third-order valence-electron chi connectivity index (χ3n) is 3.22. The Morgan fingerprint density at radius 3 is 2.74 bits per heavy atom. The van der Waals surface area contributed by atoms with Crippen LogP contribution in [0.3, 0.4) is 0 Å². The number of hydrogen-bond donors (Lipinski definition) is 0. The summed E-state index contributed by atoms with van der Waals surface area (Å²) in [5, 5.41) is 0.329. The molecule has 0 aromatic heterocycles. The minimum Gasteiger partial charge on any atom is -0.459 e. The Morgan fingerprint density at radius 1 is 1.42 bits per heavy atom. The summed E-state index contributed by atoms with van der Waals surface area (Å²) >= 11 is 1.70. The summed E-state index contributed by atoms with van der Waals surface area (Å²) < 4.78 is 5.44.